The molecule has 0 saturated carbocycles. The minimum absolute atomic E-state index is 0.200. The monoisotopic (exact) mass is 874 g/mol. The van der Waals surface area contributed by atoms with Crippen LogP contribution in [0.5, 0.6) is 0 Å². The van der Waals surface area contributed by atoms with Crippen LogP contribution in [0.1, 0.15) is 213 Å². The van der Waals surface area contributed by atoms with E-state index in [0.29, 0.717) is 6.42 Å². The summed E-state index contributed by atoms with van der Waals surface area (Å²) < 4.78 is 11.2. The van der Waals surface area contributed by atoms with Crippen molar-refractivity contribution in [2.45, 2.75) is 256 Å². The van der Waals surface area contributed by atoms with Gasteiger partial charge in [0.2, 0.25) is 5.91 Å². The summed E-state index contributed by atoms with van der Waals surface area (Å²) in [5, 5.41) is 54.3. The molecule has 7 unspecified atom stereocenters. The molecule has 1 aliphatic heterocycles. The van der Waals surface area contributed by atoms with Gasteiger partial charge in [-0.1, -0.05) is 190 Å². The Morgan fingerprint density at radius 3 is 1.45 bits per heavy atom. The van der Waals surface area contributed by atoms with E-state index < -0.39 is 49.5 Å². The van der Waals surface area contributed by atoms with Gasteiger partial charge in [-0.25, -0.2) is 0 Å². The molecule has 0 aliphatic carbocycles. The van der Waals surface area contributed by atoms with Crippen LogP contribution in [0.3, 0.4) is 0 Å². The van der Waals surface area contributed by atoms with Gasteiger partial charge in [-0.2, -0.15) is 0 Å². The van der Waals surface area contributed by atoms with E-state index in [1.807, 2.05) is 6.08 Å². The smallest absolute Gasteiger partial charge is 0.220 e. The van der Waals surface area contributed by atoms with Crippen molar-refractivity contribution in [3.05, 3.63) is 60.8 Å². The van der Waals surface area contributed by atoms with Gasteiger partial charge in [0, 0.05) is 6.42 Å². The van der Waals surface area contributed by atoms with Crippen molar-refractivity contribution < 1.29 is 39.8 Å². The van der Waals surface area contributed by atoms with E-state index in [1.54, 1.807) is 6.08 Å². The van der Waals surface area contributed by atoms with E-state index in [-0.39, 0.29) is 12.5 Å². The Morgan fingerprint density at radius 2 is 0.968 bits per heavy atom. The molecule has 1 amide bonds. The molecule has 1 saturated heterocycles. The first-order valence-corrected chi connectivity index (χ1v) is 25.5. The molecular weight excluding hydrogens is 779 g/mol. The second-order valence-corrected chi connectivity index (χ2v) is 17.6. The van der Waals surface area contributed by atoms with Crippen molar-refractivity contribution in [2.24, 2.45) is 0 Å². The van der Waals surface area contributed by atoms with Gasteiger partial charge in [0.25, 0.3) is 0 Å². The third kappa shape index (κ3) is 32.5. The Hall–Kier alpha value is -2.11. The summed E-state index contributed by atoms with van der Waals surface area (Å²) in [5.74, 6) is -0.200. The Labute approximate surface area is 379 Å². The second-order valence-electron chi connectivity index (χ2n) is 17.6. The van der Waals surface area contributed by atoms with Crippen molar-refractivity contribution in [1.82, 2.24) is 5.32 Å². The van der Waals surface area contributed by atoms with Crippen LogP contribution >= 0.6 is 0 Å². The lowest BCUT2D eigenvalue weighted by atomic mass is 9.99. The van der Waals surface area contributed by atoms with Crippen molar-refractivity contribution in [3.63, 3.8) is 0 Å². The number of amides is 1. The zero-order valence-corrected chi connectivity index (χ0v) is 39.6. The highest BCUT2D eigenvalue weighted by atomic mass is 16.7. The van der Waals surface area contributed by atoms with Crippen molar-refractivity contribution in [1.29, 1.82) is 0 Å². The summed E-state index contributed by atoms with van der Waals surface area (Å²) in [5.41, 5.74) is 0. The lowest BCUT2D eigenvalue weighted by molar-refractivity contribution is -0.302. The molecule has 6 N–H and O–H groups in total. The molecule has 7 atom stereocenters. The molecule has 1 heterocycles. The SMILES string of the molecule is CCCCCCCC/C=C/CC/C=C/CC/C=C/C(O)C(COC1OC(CO)C(O)C(O)C1O)NC(=O)CCCCCCCCC/C=C\C/C=C\CCCCCCCCCCC. The first kappa shape index (κ1) is 57.9. The number of unbranched alkanes of at least 4 members (excludes halogenated alkanes) is 24. The summed E-state index contributed by atoms with van der Waals surface area (Å²) in [6, 6.07) is -0.834. The summed E-state index contributed by atoms with van der Waals surface area (Å²) >= 11 is 0. The fourth-order valence-electron chi connectivity index (χ4n) is 7.69. The predicted octanol–water partition coefficient (Wildman–Crippen LogP) is 11.6. The number of rotatable bonds is 42. The quantitative estimate of drug-likeness (QED) is 0.0262. The van der Waals surface area contributed by atoms with E-state index in [1.165, 1.54) is 122 Å². The van der Waals surface area contributed by atoms with Crippen LogP contribution in [0.15, 0.2) is 60.8 Å². The number of aliphatic hydroxyl groups excluding tert-OH is 5. The van der Waals surface area contributed by atoms with Gasteiger partial charge in [0.05, 0.1) is 25.4 Å². The second kappa shape index (κ2) is 42.8. The third-order valence-electron chi connectivity index (χ3n) is 11.8. The molecule has 9 heteroatoms. The summed E-state index contributed by atoms with van der Waals surface area (Å²) in [6.07, 6.45) is 49.8. The van der Waals surface area contributed by atoms with Gasteiger partial charge in [-0.3, -0.25) is 4.79 Å². The van der Waals surface area contributed by atoms with E-state index >= 15 is 0 Å². The highest BCUT2D eigenvalue weighted by Crippen LogP contribution is 2.22. The molecule has 0 bridgehead atoms. The maximum Gasteiger partial charge on any atom is 0.220 e. The average Bonchev–Trinajstić information content (AvgIpc) is 3.27. The standard InChI is InChI=1S/C53H95NO8/c1-3-5-7-9-11-13-15-17-19-21-22-23-24-25-26-27-29-31-33-35-37-39-41-43-49(57)54-46(45-61-53-52(60)51(59)50(58)48(44-55)62-53)47(56)42-40-38-36-34-32-30-28-20-18-16-14-12-10-8-6-4-2/h18,20,22-23,25-26,32,34,40,42,46-48,50-53,55-56,58-60H,3-17,19,21,24,27-31,33,35-39,41,43-45H2,1-2H3,(H,54,57)/b20-18+,23-22-,26-25-,34-32+,42-40+. The van der Waals surface area contributed by atoms with E-state index in [4.69, 9.17) is 9.47 Å². The first-order chi connectivity index (χ1) is 30.3. The van der Waals surface area contributed by atoms with Crippen LogP contribution in [0.4, 0.5) is 0 Å². The van der Waals surface area contributed by atoms with Gasteiger partial charge >= 0.3 is 0 Å². The molecule has 0 aromatic carbocycles. The number of carbonyl (C=O) groups is 1. The maximum atomic E-state index is 13.0. The number of ether oxygens (including phenoxy) is 2. The summed E-state index contributed by atoms with van der Waals surface area (Å²) in [6.45, 7) is 3.74. The normalized spacial score (nSPS) is 20.8. The number of carbonyl (C=O) groups excluding carboxylic acids is 1. The summed E-state index contributed by atoms with van der Waals surface area (Å²) in [7, 11) is 0. The Balaban J connectivity index is 2.33. The minimum Gasteiger partial charge on any atom is -0.394 e. The van der Waals surface area contributed by atoms with E-state index in [9.17, 15) is 30.3 Å². The minimum atomic E-state index is -1.58. The maximum absolute atomic E-state index is 13.0. The van der Waals surface area contributed by atoms with Crippen LogP contribution in [0.2, 0.25) is 0 Å². The highest BCUT2D eigenvalue weighted by Gasteiger charge is 2.44. The fraction of sp³-hybridized carbons (Fsp3) is 0.792. The molecule has 0 aromatic rings. The van der Waals surface area contributed by atoms with Crippen LogP contribution in [-0.4, -0.2) is 87.5 Å². The fourth-order valence-corrected chi connectivity index (χ4v) is 7.69. The Bertz CT molecular complexity index is 1150. The molecule has 9 nitrogen and oxygen atoms in total. The molecule has 0 aromatic heterocycles. The zero-order valence-electron chi connectivity index (χ0n) is 39.6. The van der Waals surface area contributed by atoms with Gasteiger partial charge in [-0.15, -0.1) is 0 Å². The average molecular weight is 874 g/mol. The Morgan fingerprint density at radius 1 is 0.548 bits per heavy atom. The summed E-state index contributed by atoms with van der Waals surface area (Å²) in [4.78, 5) is 13.0. The van der Waals surface area contributed by atoms with Crippen LogP contribution in [0, 0.1) is 0 Å². The van der Waals surface area contributed by atoms with Gasteiger partial charge in [-0.05, 0) is 77.0 Å². The van der Waals surface area contributed by atoms with Crippen molar-refractivity contribution in [3.8, 4) is 0 Å². The third-order valence-corrected chi connectivity index (χ3v) is 11.8. The number of hydrogen-bond acceptors (Lipinski definition) is 8. The van der Waals surface area contributed by atoms with Crippen molar-refractivity contribution in [2.75, 3.05) is 13.2 Å². The molecular formula is C53H95NO8. The topological polar surface area (TPSA) is 149 Å². The molecule has 1 rings (SSSR count). The van der Waals surface area contributed by atoms with E-state index in [2.05, 4.69) is 67.8 Å². The highest BCUT2D eigenvalue weighted by molar-refractivity contribution is 5.76. The molecule has 1 fully saturated rings. The first-order valence-electron chi connectivity index (χ1n) is 25.5. The molecule has 0 spiro atoms. The molecule has 0 radical (unpaired) electrons. The van der Waals surface area contributed by atoms with E-state index in [0.717, 1.165) is 70.6 Å². The lowest BCUT2D eigenvalue weighted by Gasteiger charge is -2.40. The van der Waals surface area contributed by atoms with Gasteiger partial charge in [0.1, 0.15) is 24.4 Å². The molecule has 62 heavy (non-hydrogen) atoms. The van der Waals surface area contributed by atoms with Crippen LogP contribution in [0.25, 0.3) is 0 Å². The van der Waals surface area contributed by atoms with Crippen LogP contribution < -0.4 is 5.32 Å². The van der Waals surface area contributed by atoms with Crippen LogP contribution in [-0.2, 0) is 14.3 Å². The van der Waals surface area contributed by atoms with Gasteiger partial charge in [0.15, 0.2) is 6.29 Å². The number of allylic oxidation sites excluding steroid dienone is 9. The zero-order chi connectivity index (χ0) is 45.1. The van der Waals surface area contributed by atoms with Gasteiger partial charge < -0.3 is 40.3 Å². The molecule has 1 aliphatic rings. The number of hydrogen-bond donors (Lipinski definition) is 6. The predicted molar refractivity (Wildman–Crippen MR) is 258 cm³/mol. The lowest BCUT2D eigenvalue weighted by Crippen LogP contribution is -2.60. The number of aliphatic hydroxyl groups is 5. The number of nitrogens with one attached hydrogen (secondary N) is 1. The van der Waals surface area contributed by atoms with Crippen molar-refractivity contribution >= 4 is 5.91 Å². The molecule has 360 valence electrons. The largest absolute Gasteiger partial charge is 0.394 e. The Kier molecular flexibility index (Phi) is 40.0.